The minimum Gasteiger partial charge on any atom is -0.481 e. The number of aromatic amines is 2. The molecule has 10 nitrogen and oxygen atoms in total. The molecule has 1 fully saturated rings. The Kier molecular flexibility index (Phi) is 13.6. The van der Waals surface area contributed by atoms with E-state index in [1.165, 1.54) is 38.4 Å². The first-order chi connectivity index (χ1) is 28.5. The average Bonchev–Trinajstić information content (AvgIpc) is 3.92. The predicted octanol–water partition coefficient (Wildman–Crippen LogP) is 7.94. The number of rotatable bonds is 16. The summed E-state index contributed by atoms with van der Waals surface area (Å²) in [5, 5.41) is 20.2. The Morgan fingerprint density at radius 1 is 1.03 bits per heavy atom. The van der Waals surface area contributed by atoms with Crippen LogP contribution in [0.25, 0.3) is 24.3 Å². The summed E-state index contributed by atoms with van der Waals surface area (Å²) in [6.07, 6.45) is 20.2. The largest absolute Gasteiger partial charge is 0.481 e. The highest BCUT2D eigenvalue weighted by Gasteiger charge is 2.55. The molecule has 2 aromatic rings. The van der Waals surface area contributed by atoms with Crippen LogP contribution in [-0.2, 0) is 25.5 Å². The number of carbonyl (C=O) groups excluding carboxylic acids is 2. The lowest BCUT2D eigenvalue weighted by Gasteiger charge is -2.29. The maximum Gasteiger partial charge on any atom is 0.320 e. The van der Waals surface area contributed by atoms with Gasteiger partial charge in [-0.1, -0.05) is 78.5 Å². The number of H-pyrrole nitrogens is 2. The third kappa shape index (κ3) is 8.76. The van der Waals surface area contributed by atoms with Crippen molar-refractivity contribution in [3.63, 3.8) is 0 Å². The van der Waals surface area contributed by atoms with E-state index in [1.807, 2.05) is 25.2 Å². The highest BCUT2D eigenvalue weighted by atomic mass is 16.6. The SMILES string of the molecule is C=Cc1c2[nH]c(c1C)/C=C1\NC(C3=C4N[C@@](N)(/C=c5\[nH]/c(c(C)c5CC)=C\2)C(C)=C4C(=O)[C@@H]3C(=O)OC)[C@@H](C/C=C(\O)OC/C=C(\C)CCC[C@H](C)CCCC(C)C)[C@@H]1C. The van der Waals surface area contributed by atoms with Crippen LogP contribution in [0.2, 0.25) is 0 Å². The van der Waals surface area contributed by atoms with Crippen LogP contribution < -0.4 is 27.1 Å². The minimum absolute atomic E-state index is 0.0851. The molecule has 0 saturated carbocycles. The van der Waals surface area contributed by atoms with Gasteiger partial charge in [0.05, 0.1) is 13.2 Å². The number of hydrogen-bond donors (Lipinski definition) is 6. The Morgan fingerprint density at radius 2 is 1.77 bits per heavy atom. The van der Waals surface area contributed by atoms with Crippen LogP contribution in [0, 0.1) is 43.4 Å². The standard InChI is InChI=1S/C50H69N5O5/c1-12-34-30(7)37-24-39-32(9)36(20-21-42(56)60-23-22-29(6)19-15-18-28(5)17-14-16-27(3)4)46(54-39)44-45(49(58)59-11)48(57)43-33(10)50(51,55-47(43)44)26-41-35(13-2)31(8)38(53-41)25-40(34)52-37/h12,21-22,24-28,32,36,45-46,52-56H,1,13-20,23,51H2,2-11H3/b29-22+,38-25-,39-24-,41-26-,42-21+/t28-,32+,36+,45-,46?,50+/m1/s1. The van der Waals surface area contributed by atoms with Crippen LogP contribution in [0.4, 0.5) is 0 Å². The van der Waals surface area contributed by atoms with Crippen LogP contribution in [0.15, 0.2) is 58.4 Å². The van der Waals surface area contributed by atoms with Crippen molar-refractivity contribution in [3.8, 4) is 0 Å². The summed E-state index contributed by atoms with van der Waals surface area (Å²) in [7, 11) is 1.31. The summed E-state index contributed by atoms with van der Waals surface area (Å²) >= 11 is 0. The van der Waals surface area contributed by atoms with Gasteiger partial charge in [-0.25, -0.2) is 0 Å². The highest BCUT2D eigenvalue weighted by molar-refractivity contribution is 6.18. The number of nitrogens with one attached hydrogen (secondary N) is 4. The van der Waals surface area contributed by atoms with Crippen LogP contribution in [0.1, 0.15) is 127 Å². The van der Waals surface area contributed by atoms with E-state index in [-0.39, 0.29) is 30.2 Å². The zero-order valence-electron chi connectivity index (χ0n) is 37.7. The molecule has 7 N–H and O–H groups in total. The summed E-state index contributed by atoms with van der Waals surface area (Å²) in [6.45, 7) is 23.8. The molecule has 10 heteroatoms. The predicted molar refractivity (Wildman–Crippen MR) is 242 cm³/mol. The number of esters is 1. The zero-order valence-corrected chi connectivity index (χ0v) is 37.7. The lowest BCUT2D eigenvalue weighted by Crippen LogP contribution is -2.51. The Balaban J connectivity index is 1.35. The Labute approximate surface area is 356 Å². The molecule has 60 heavy (non-hydrogen) atoms. The van der Waals surface area contributed by atoms with E-state index in [1.54, 1.807) is 6.08 Å². The lowest BCUT2D eigenvalue weighted by molar-refractivity contribution is -0.146. The molecule has 8 bridgehead atoms. The number of nitrogens with two attached hydrogens (primary N) is 1. The second-order valence-electron chi connectivity index (χ2n) is 18.2. The molecule has 6 atom stereocenters. The van der Waals surface area contributed by atoms with Gasteiger partial charge in [-0.15, -0.1) is 0 Å². The van der Waals surface area contributed by atoms with Crippen LogP contribution in [-0.4, -0.2) is 52.2 Å². The molecule has 0 aromatic carbocycles. The number of ketones is 1. The monoisotopic (exact) mass is 820 g/mol. The van der Waals surface area contributed by atoms with E-state index in [9.17, 15) is 14.7 Å². The average molecular weight is 820 g/mol. The fourth-order valence-corrected chi connectivity index (χ4v) is 9.82. The highest BCUT2D eigenvalue weighted by Crippen LogP contribution is 2.48. The Morgan fingerprint density at radius 3 is 2.45 bits per heavy atom. The molecule has 6 rings (SSSR count). The number of allylic oxidation sites excluding steroid dienone is 4. The van der Waals surface area contributed by atoms with Crippen LogP contribution in [0.5, 0.6) is 0 Å². The van der Waals surface area contributed by atoms with Crippen molar-refractivity contribution < 1.29 is 24.2 Å². The van der Waals surface area contributed by atoms with E-state index in [2.05, 4.69) is 94.7 Å². The minimum atomic E-state index is -1.22. The van der Waals surface area contributed by atoms with E-state index >= 15 is 0 Å². The summed E-state index contributed by atoms with van der Waals surface area (Å²) in [6, 6.07) is -0.493. The smallest absolute Gasteiger partial charge is 0.320 e. The molecular formula is C50H69N5O5. The fourth-order valence-electron chi connectivity index (χ4n) is 9.82. The summed E-state index contributed by atoms with van der Waals surface area (Å²) < 4.78 is 11.1. The van der Waals surface area contributed by atoms with Gasteiger partial charge in [0.2, 0.25) is 0 Å². The molecular weight excluding hydrogens is 751 g/mol. The van der Waals surface area contributed by atoms with Gasteiger partial charge in [-0.2, -0.15) is 0 Å². The second kappa shape index (κ2) is 18.3. The molecule has 1 aliphatic carbocycles. The van der Waals surface area contributed by atoms with Crippen molar-refractivity contribution >= 4 is 36.1 Å². The number of methoxy groups -OCH3 is 1. The first kappa shape index (κ1) is 44.6. The summed E-state index contributed by atoms with van der Waals surface area (Å²) in [5.74, 6) is -1.06. The summed E-state index contributed by atoms with van der Waals surface area (Å²) in [5.41, 5.74) is 16.6. The maximum atomic E-state index is 14.5. The zero-order chi connectivity index (χ0) is 43.6. The van der Waals surface area contributed by atoms with E-state index in [4.69, 9.17) is 15.2 Å². The first-order valence-corrected chi connectivity index (χ1v) is 22.1. The molecule has 3 aliphatic heterocycles. The van der Waals surface area contributed by atoms with Crippen molar-refractivity contribution in [3.05, 3.63) is 103 Å². The number of aliphatic hydroxyl groups is 1. The number of aliphatic hydroxyl groups excluding tert-OH is 1. The molecule has 4 aliphatic rings. The molecule has 5 heterocycles. The number of Topliss-reactive ketones (excluding diaryl/α,β-unsaturated/α-hetero) is 1. The van der Waals surface area contributed by atoms with Crippen LogP contribution in [0.3, 0.4) is 0 Å². The van der Waals surface area contributed by atoms with Gasteiger partial charge in [-0.05, 0) is 129 Å². The number of ether oxygens (including phenoxy) is 2. The van der Waals surface area contributed by atoms with Gasteiger partial charge < -0.3 is 40.9 Å². The van der Waals surface area contributed by atoms with E-state index in [0.29, 0.717) is 28.8 Å². The number of carbonyl (C=O) groups is 2. The topological polar surface area (TPSA) is 154 Å². The molecule has 1 unspecified atom stereocenters. The fraction of sp³-hybridized carbons (Fsp3) is 0.520. The maximum absolute atomic E-state index is 14.5. The van der Waals surface area contributed by atoms with E-state index in [0.717, 1.165) is 81.1 Å². The molecule has 0 amide bonds. The van der Waals surface area contributed by atoms with Gasteiger partial charge in [0.1, 0.15) is 18.2 Å². The second-order valence-corrected chi connectivity index (χ2v) is 18.2. The first-order valence-electron chi connectivity index (χ1n) is 22.1. The van der Waals surface area contributed by atoms with Crippen molar-refractivity contribution in [1.82, 2.24) is 20.6 Å². The van der Waals surface area contributed by atoms with Gasteiger partial charge in [-0.3, -0.25) is 9.59 Å². The van der Waals surface area contributed by atoms with Gasteiger partial charge in [0, 0.05) is 50.5 Å². The van der Waals surface area contributed by atoms with Crippen molar-refractivity contribution in [2.24, 2.45) is 35.3 Å². The van der Waals surface area contributed by atoms with E-state index < -0.39 is 23.6 Å². The number of fused-ring (bicyclic) bond motifs is 8. The molecule has 1 saturated heterocycles. The normalized spacial score (nSPS) is 26.3. The molecule has 324 valence electrons. The third-order valence-electron chi connectivity index (χ3n) is 13.7. The quantitative estimate of drug-likeness (QED) is 0.0432. The molecule has 2 aromatic heterocycles. The lowest BCUT2D eigenvalue weighted by atomic mass is 9.80. The van der Waals surface area contributed by atoms with Crippen molar-refractivity contribution in [1.29, 1.82) is 0 Å². The summed E-state index contributed by atoms with van der Waals surface area (Å²) in [4.78, 5) is 35.4. The Bertz CT molecular complexity index is 2300. The van der Waals surface area contributed by atoms with Gasteiger partial charge >= 0.3 is 5.97 Å². The van der Waals surface area contributed by atoms with Crippen LogP contribution >= 0.6 is 0 Å². The number of hydrogen-bond acceptors (Lipinski definition) is 8. The third-order valence-corrected chi connectivity index (χ3v) is 13.7. The number of aromatic nitrogens is 2. The molecule has 0 spiro atoms. The Hall–Kier alpha value is -4.96. The van der Waals surface area contributed by atoms with Gasteiger partial charge in [0.25, 0.3) is 5.95 Å². The van der Waals surface area contributed by atoms with Crippen molar-refractivity contribution in [2.45, 2.75) is 125 Å². The van der Waals surface area contributed by atoms with Crippen molar-refractivity contribution in [2.75, 3.05) is 13.7 Å². The molecule has 0 radical (unpaired) electrons. The van der Waals surface area contributed by atoms with Gasteiger partial charge in [0.15, 0.2) is 5.78 Å².